The fourth-order valence-electron chi connectivity index (χ4n) is 1.73. The second-order valence-corrected chi connectivity index (χ2v) is 3.33. The summed E-state index contributed by atoms with van der Waals surface area (Å²) in [7, 11) is 1.77. The fourth-order valence-corrected chi connectivity index (χ4v) is 1.73. The van der Waals surface area contributed by atoms with Gasteiger partial charge in [-0.05, 0) is 6.42 Å². The third-order valence-electron chi connectivity index (χ3n) is 2.64. The smallest absolute Gasteiger partial charge is 0.0645 e. The highest BCUT2D eigenvalue weighted by Gasteiger charge is 2.37. The highest BCUT2D eigenvalue weighted by molar-refractivity contribution is 4.90. The lowest BCUT2D eigenvalue weighted by Gasteiger charge is -2.48. The van der Waals surface area contributed by atoms with Gasteiger partial charge in [0.1, 0.15) is 0 Å². The van der Waals surface area contributed by atoms with E-state index in [9.17, 15) is 0 Å². The first-order valence-electron chi connectivity index (χ1n) is 4.24. The Morgan fingerprint density at radius 1 is 1.55 bits per heavy atom. The molecule has 2 rings (SSSR count). The van der Waals surface area contributed by atoms with E-state index in [-0.39, 0.29) is 0 Å². The third kappa shape index (κ3) is 1.28. The molecule has 2 fully saturated rings. The summed E-state index contributed by atoms with van der Waals surface area (Å²) in [6.07, 6.45) is 1.30. The largest absolute Gasteiger partial charge is 0.383 e. The second-order valence-electron chi connectivity index (χ2n) is 3.33. The molecule has 0 bridgehead atoms. The summed E-state index contributed by atoms with van der Waals surface area (Å²) in [6.45, 7) is 3.99. The van der Waals surface area contributed by atoms with Gasteiger partial charge in [-0.15, -0.1) is 0 Å². The number of hydrogen-bond acceptors (Lipinski definition) is 3. The molecule has 3 heteroatoms. The molecular formula is C8H15NO2. The van der Waals surface area contributed by atoms with E-state index in [1.807, 2.05) is 0 Å². The zero-order chi connectivity index (χ0) is 7.68. The van der Waals surface area contributed by atoms with Crippen molar-refractivity contribution in [3.63, 3.8) is 0 Å². The molecule has 0 spiro atoms. The molecule has 2 saturated heterocycles. The van der Waals surface area contributed by atoms with E-state index in [2.05, 4.69) is 4.90 Å². The van der Waals surface area contributed by atoms with E-state index in [0.29, 0.717) is 12.1 Å². The Hall–Kier alpha value is -0.120. The topological polar surface area (TPSA) is 21.7 Å². The molecule has 0 radical (unpaired) electrons. The van der Waals surface area contributed by atoms with Gasteiger partial charge in [0.2, 0.25) is 0 Å². The summed E-state index contributed by atoms with van der Waals surface area (Å²) in [6, 6.07) is 1.37. The van der Waals surface area contributed by atoms with Crippen molar-refractivity contribution in [1.29, 1.82) is 0 Å². The number of methoxy groups -OCH3 is 1. The highest BCUT2D eigenvalue weighted by atomic mass is 16.5. The van der Waals surface area contributed by atoms with E-state index < -0.39 is 0 Å². The van der Waals surface area contributed by atoms with Crippen LogP contribution in [-0.4, -0.2) is 50.5 Å². The minimum atomic E-state index is 0.675. The monoisotopic (exact) mass is 157 g/mol. The molecule has 0 aromatic heterocycles. The summed E-state index contributed by atoms with van der Waals surface area (Å²) in [5.74, 6) is 0. The van der Waals surface area contributed by atoms with Crippen LogP contribution in [0.5, 0.6) is 0 Å². The zero-order valence-electron chi connectivity index (χ0n) is 6.95. The average molecular weight is 157 g/mol. The Morgan fingerprint density at radius 2 is 2.36 bits per heavy atom. The molecule has 2 aliphatic rings. The molecule has 0 aliphatic carbocycles. The predicted molar refractivity (Wildman–Crippen MR) is 41.6 cm³/mol. The summed E-state index contributed by atoms with van der Waals surface area (Å²) >= 11 is 0. The zero-order valence-corrected chi connectivity index (χ0v) is 6.95. The number of ether oxygens (including phenoxy) is 2. The van der Waals surface area contributed by atoms with E-state index in [4.69, 9.17) is 9.47 Å². The van der Waals surface area contributed by atoms with Crippen molar-refractivity contribution >= 4 is 0 Å². The van der Waals surface area contributed by atoms with Gasteiger partial charge in [0, 0.05) is 19.7 Å². The SMILES string of the molecule is COC[C@H]1CCN1C1COC1. The van der Waals surface area contributed by atoms with Gasteiger partial charge in [-0.3, -0.25) is 4.90 Å². The average Bonchev–Trinajstić information content (AvgIpc) is 1.89. The van der Waals surface area contributed by atoms with Crippen molar-refractivity contribution in [2.24, 2.45) is 0 Å². The van der Waals surface area contributed by atoms with Crippen molar-refractivity contribution in [1.82, 2.24) is 4.90 Å². The third-order valence-corrected chi connectivity index (χ3v) is 2.64. The van der Waals surface area contributed by atoms with Gasteiger partial charge >= 0.3 is 0 Å². The molecule has 0 aromatic carbocycles. The molecule has 64 valence electrons. The van der Waals surface area contributed by atoms with Crippen molar-refractivity contribution in [2.45, 2.75) is 18.5 Å². The fraction of sp³-hybridized carbons (Fsp3) is 1.00. The maximum Gasteiger partial charge on any atom is 0.0645 e. The Kier molecular flexibility index (Phi) is 2.11. The standard InChI is InChI=1S/C8H15NO2/c1-10-4-7-2-3-9(7)8-5-11-6-8/h7-8H,2-6H2,1H3/t7-/m1/s1. The lowest BCUT2D eigenvalue weighted by atomic mass is 9.99. The van der Waals surface area contributed by atoms with E-state index in [1.54, 1.807) is 7.11 Å². The van der Waals surface area contributed by atoms with Crippen molar-refractivity contribution < 1.29 is 9.47 Å². The van der Waals surface area contributed by atoms with Crippen LogP contribution in [0.2, 0.25) is 0 Å². The van der Waals surface area contributed by atoms with Crippen LogP contribution in [0.25, 0.3) is 0 Å². The lowest BCUT2D eigenvalue weighted by molar-refractivity contribution is -0.119. The first-order valence-corrected chi connectivity index (χ1v) is 4.24. The Morgan fingerprint density at radius 3 is 2.73 bits per heavy atom. The number of hydrogen-bond donors (Lipinski definition) is 0. The summed E-state index contributed by atoms with van der Waals surface area (Å²) < 4.78 is 10.2. The van der Waals surface area contributed by atoms with Gasteiger partial charge in [0.25, 0.3) is 0 Å². The molecular weight excluding hydrogens is 142 g/mol. The van der Waals surface area contributed by atoms with Crippen LogP contribution in [0.3, 0.4) is 0 Å². The molecule has 11 heavy (non-hydrogen) atoms. The van der Waals surface area contributed by atoms with E-state index in [1.165, 1.54) is 13.0 Å². The second kappa shape index (κ2) is 3.09. The molecule has 0 unspecified atom stereocenters. The first-order chi connectivity index (χ1) is 5.42. The quantitative estimate of drug-likeness (QED) is 0.580. The molecule has 0 aromatic rings. The van der Waals surface area contributed by atoms with Crippen molar-refractivity contribution in [3.8, 4) is 0 Å². The van der Waals surface area contributed by atoms with Gasteiger partial charge in [-0.2, -0.15) is 0 Å². The summed E-state index contributed by atoms with van der Waals surface area (Å²) in [5, 5.41) is 0. The molecule has 0 saturated carbocycles. The van der Waals surface area contributed by atoms with E-state index >= 15 is 0 Å². The van der Waals surface area contributed by atoms with Crippen LogP contribution < -0.4 is 0 Å². The van der Waals surface area contributed by atoms with Crippen LogP contribution in [0.4, 0.5) is 0 Å². The van der Waals surface area contributed by atoms with Gasteiger partial charge in [-0.1, -0.05) is 0 Å². The van der Waals surface area contributed by atoms with Crippen molar-refractivity contribution in [2.75, 3.05) is 33.5 Å². The molecule has 3 nitrogen and oxygen atoms in total. The summed E-state index contributed by atoms with van der Waals surface area (Å²) in [5.41, 5.74) is 0. The maximum absolute atomic E-state index is 5.14. The number of nitrogens with zero attached hydrogens (tertiary/aromatic N) is 1. The summed E-state index contributed by atoms with van der Waals surface area (Å²) in [4.78, 5) is 2.49. The van der Waals surface area contributed by atoms with E-state index in [0.717, 1.165) is 19.8 Å². The lowest BCUT2D eigenvalue weighted by Crippen LogP contribution is -2.61. The molecule has 0 N–H and O–H groups in total. The van der Waals surface area contributed by atoms with Gasteiger partial charge in [-0.25, -0.2) is 0 Å². The predicted octanol–water partition coefficient (Wildman–Crippen LogP) is 0.106. The van der Waals surface area contributed by atoms with Gasteiger partial charge in [0.05, 0.1) is 25.9 Å². The van der Waals surface area contributed by atoms with Crippen LogP contribution in [-0.2, 0) is 9.47 Å². The maximum atomic E-state index is 5.14. The molecule has 2 heterocycles. The number of likely N-dealkylation sites (tertiary alicyclic amines) is 1. The molecule has 0 amide bonds. The van der Waals surface area contributed by atoms with Crippen LogP contribution >= 0.6 is 0 Å². The first kappa shape index (κ1) is 7.53. The van der Waals surface area contributed by atoms with Crippen LogP contribution in [0.1, 0.15) is 6.42 Å². The molecule has 1 atom stereocenters. The number of rotatable bonds is 3. The Balaban J connectivity index is 1.76. The normalized spacial score (nSPS) is 33.0. The van der Waals surface area contributed by atoms with Gasteiger partial charge in [0.15, 0.2) is 0 Å². The highest BCUT2D eigenvalue weighted by Crippen LogP contribution is 2.24. The van der Waals surface area contributed by atoms with Crippen LogP contribution in [0, 0.1) is 0 Å². The van der Waals surface area contributed by atoms with Crippen LogP contribution in [0.15, 0.2) is 0 Å². The Labute approximate surface area is 67.3 Å². The Bertz CT molecular complexity index is 136. The van der Waals surface area contributed by atoms with Crippen molar-refractivity contribution in [3.05, 3.63) is 0 Å². The minimum Gasteiger partial charge on any atom is -0.383 e. The molecule has 2 aliphatic heterocycles. The minimum absolute atomic E-state index is 0.675. The van der Waals surface area contributed by atoms with Gasteiger partial charge < -0.3 is 9.47 Å².